The van der Waals surface area contributed by atoms with Crippen molar-refractivity contribution < 1.29 is 0 Å². The van der Waals surface area contributed by atoms with Crippen LogP contribution in [0.25, 0.3) is 0 Å². The number of nitrogens with zero attached hydrogens (tertiary/aromatic N) is 24. The fourth-order valence-corrected chi connectivity index (χ4v) is 18.0. The van der Waals surface area contributed by atoms with Crippen LogP contribution in [0.2, 0.25) is 0 Å². The van der Waals surface area contributed by atoms with Crippen LogP contribution in [0.5, 0.6) is 0 Å². The first kappa shape index (κ1) is 88.0. The number of aromatic nitrogens is 18. The molecule has 6 aromatic rings. The van der Waals surface area contributed by atoms with Crippen molar-refractivity contribution in [1.29, 1.82) is 0 Å². The van der Waals surface area contributed by atoms with E-state index in [4.69, 9.17) is 69.8 Å². The maximum Gasteiger partial charge on any atom is 0.230 e. The number of unbranched alkanes of at least 4 members (excludes halogenated alkanes) is 12. The van der Waals surface area contributed by atoms with Crippen molar-refractivity contribution in [2.45, 2.75) is 299 Å². The first-order valence-corrected chi connectivity index (χ1v) is 48.6. The van der Waals surface area contributed by atoms with Crippen LogP contribution in [-0.4, -0.2) is 168 Å². The van der Waals surface area contributed by atoms with E-state index in [1.165, 1.54) is 108 Å². The molecule has 0 aliphatic rings. The Kier molecular flexibility index (Phi) is 45.0. The molecule has 0 amide bonds. The summed E-state index contributed by atoms with van der Waals surface area (Å²) in [6.07, 6.45) is 24.8. The summed E-state index contributed by atoms with van der Waals surface area (Å²) < 4.78 is 0. The number of anilines is 6. The van der Waals surface area contributed by atoms with Crippen LogP contribution in [-0.2, 0) is 0 Å². The normalized spacial score (nSPS) is 11.5. The maximum atomic E-state index is 5.21. The van der Waals surface area contributed by atoms with E-state index in [2.05, 4.69) is 158 Å². The standard InChI is InChI=1S/C66H110N24S12/c1-13-25-37-85(38-26-14-2)49-67-55(91)79-57(69-49)93-95-59-71-51(87(41-29-17-5)42-30-18-6)73-61(81-59)97-99-63-75-53(89(45-33-21-9)46-34-22-10)77-65(83-63)101-102-66-78-54(90(47-35-23-11)48-36-24-12)76-64(84-66)100-98-62-74-52(88(43-31-19-7)44-32-20-8)72-60(82-62)96-94-58-70-50(68-56(92)80-58)86(39-27-15-3)40-28-16-4/h13-48H2,1-12H3,(H,67,69,79,91)(H,68,70,80,92). The molecule has 0 unspecified atom stereocenters. The van der Waals surface area contributed by atoms with Gasteiger partial charge in [-0.15, -0.1) is 25.3 Å². The molecule has 6 rings (SSSR count). The Morgan fingerprint density at radius 2 is 0.294 bits per heavy atom. The van der Waals surface area contributed by atoms with Gasteiger partial charge in [0.05, 0.1) is 0 Å². The number of hydrogen-bond donors (Lipinski definition) is 2. The predicted octanol–water partition coefficient (Wildman–Crippen LogP) is 19.8. The van der Waals surface area contributed by atoms with Gasteiger partial charge in [-0.25, -0.2) is 0 Å². The first-order chi connectivity index (χ1) is 49.8. The molecule has 0 spiro atoms. The largest absolute Gasteiger partial charge is 0.341 e. The van der Waals surface area contributed by atoms with E-state index in [0.29, 0.717) is 97.6 Å². The van der Waals surface area contributed by atoms with Gasteiger partial charge in [0.15, 0.2) is 10.3 Å². The minimum atomic E-state index is 0.379. The van der Waals surface area contributed by atoms with E-state index in [0.717, 1.165) is 233 Å². The van der Waals surface area contributed by atoms with Crippen molar-refractivity contribution in [1.82, 2.24) is 89.7 Å². The Morgan fingerprint density at radius 3 is 0.422 bits per heavy atom. The van der Waals surface area contributed by atoms with E-state index in [1.54, 1.807) is 0 Å². The highest BCUT2D eigenvalue weighted by Crippen LogP contribution is 2.44. The fraction of sp³-hybridized carbons (Fsp3) is 0.727. The number of thiol groups is 2. The van der Waals surface area contributed by atoms with Gasteiger partial charge in [0.2, 0.25) is 87.3 Å². The van der Waals surface area contributed by atoms with Gasteiger partial charge in [-0.3, -0.25) is 0 Å². The van der Waals surface area contributed by atoms with Gasteiger partial charge < -0.3 is 29.4 Å². The first-order valence-electron chi connectivity index (χ1n) is 37.0. The molecule has 0 bridgehead atoms. The molecule has 0 aliphatic heterocycles. The van der Waals surface area contributed by atoms with Crippen molar-refractivity contribution in [2.75, 3.05) is 108 Å². The molecule has 6 heterocycles. The second-order valence-electron chi connectivity index (χ2n) is 24.2. The molecular formula is C66H110N24S12. The molecule has 36 heteroatoms. The van der Waals surface area contributed by atoms with Gasteiger partial charge in [-0.2, -0.15) is 89.7 Å². The molecule has 24 nitrogen and oxygen atoms in total. The summed E-state index contributed by atoms with van der Waals surface area (Å²) in [5, 5.41) is 6.15. The fourth-order valence-electron chi connectivity index (χ4n) is 9.64. The lowest BCUT2D eigenvalue weighted by atomic mass is 10.3. The van der Waals surface area contributed by atoms with Gasteiger partial charge in [0.25, 0.3) is 0 Å². The molecule has 0 fully saturated rings. The van der Waals surface area contributed by atoms with Crippen LogP contribution in [0.1, 0.15) is 237 Å². The molecule has 0 saturated carbocycles. The van der Waals surface area contributed by atoms with Crippen molar-refractivity contribution in [3.05, 3.63) is 0 Å². The molecular weight excluding hydrogens is 1510 g/mol. The smallest absolute Gasteiger partial charge is 0.230 e. The van der Waals surface area contributed by atoms with E-state index in [-0.39, 0.29) is 0 Å². The van der Waals surface area contributed by atoms with Crippen molar-refractivity contribution in [3.8, 4) is 0 Å². The zero-order valence-corrected chi connectivity index (χ0v) is 72.1. The zero-order chi connectivity index (χ0) is 73.1. The second kappa shape index (κ2) is 52.2. The van der Waals surface area contributed by atoms with Crippen LogP contribution in [0, 0.1) is 0 Å². The molecule has 102 heavy (non-hydrogen) atoms. The van der Waals surface area contributed by atoms with E-state index < -0.39 is 0 Å². The molecule has 6 aromatic heterocycles. The van der Waals surface area contributed by atoms with Crippen molar-refractivity contribution in [2.24, 2.45) is 0 Å². The minimum Gasteiger partial charge on any atom is -0.341 e. The predicted molar refractivity (Wildman–Crippen MR) is 444 cm³/mol. The second-order valence-corrected chi connectivity index (χ2v) is 35.4. The minimum absolute atomic E-state index is 0.379. The molecule has 566 valence electrons. The number of rotatable bonds is 57. The summed E-state index contributed by atoms with van der Waals surface area (Å²) in [7, 11) is 14.1. The zero-order valence-electron chi connectivity index (χ0n) is 62.2. The van der Waals surface area contributed by atoms with E-state index in [1.807, 2.05) is 0 Å². The van der Waals surface area contributed by atoms with Crippen molar-refractivity contribution in [3.63, 3.8) is 0 Å². The Hall–Kier alpha value is -2.94. The highest BCUT2D eigenvalue weighted by molar-refractivity contribution is 8.78. The molecule has 0 aliphatic carbocycles. The molecule has 0 aromatic carbocycles. The van der Waals surface area contributed by atoms with Gasteiger partial charge >= 0.3 is 0 Å². The van der Waals surface area contributed by atoms with Gasteiger partial charge in [0.1, 0.15) is 0 Å². The molecule has 0 N–H and O–H groups in total. The third-order valence-corrected chi connectivity index (χ3v) is 25.4. The quantitative estimate of drug-likeness (QED) is 0.0266. The van der Waals surface area contributed by atoms with E-state index in [9.17, 15) is 0 Å². The van der Waals surface area contributed by atoms with Gasteiger partial charge in [-0.1, -0.05) is 160 Å². The topological polar surface area (TPSA) is 251 Å². The third kappa shape index (κ3) is 32.5. The number of hydrogen-bond acceptors (Lipinski definition) is 36. The van der Waals surface area contributed by atoms with Crippen LogP contribution in [0.3, 0.4) is 0 Å². The highest BCUT2D eigenvalue weighted by atomic mass is 33.1. The summed E-state index contributed by atoms with van der Waals surface area (Å²) in [5.74, 6) is 3.81. The monoisotopic (exact) mass is 1620 g/mol. The van der Waals surface area contributed by atoms with Crippen LogP contribution >= 0.6 is 133 Å². The third-order valence-electron chi connectivity index (χ3n) is 15.5. The van der Waals surface area contributed by atoms with E-state index >= 15 is 0 Å². The Labute approximate surface area is 659 Å². The Bertz CT molecular complexity index is 3050. The van der Waals surface area contributed by atoms with Gasteiger partial charge in [0, 0.05) is 78.5 Å². The average molecular weight is 1620 g/mol. The maximum absolute atomic E-state index is 5.21. The van der Waals surface area contributed by atoms with Crippen LogP contribution in [0.4, 0.5) is 35.7 Å². The lowest BCUT2D eigenvalue weighted by Crippen LogP contribution is -2.28. The summed E-state index contributed by atoms with van der Waals surface area (Å²) in [6, 6.07) is 0. The summed E-state index contributed by atoms with van der Waals surface area (Å²) >= 11 is 9.31. The summed E-state index contributed by atoms with van der Waals surface area (Å²) in [5.41, 5.74) is 0. The lowest BCUT2D eigenvalue weighted by molar-refractivity contribution is 0.644. The molecule has 0 atom stereocenters. The molecule has 0 saturated heterocycles. The Balaban J connectivity index is 1.36. The van der Waals surface area contributed by atoms with Crippen molar-refractivity contribution >= 4 is 169 Å². The lowest BCUT2D eigenvalue weighted by Gasteiger charge is -2.23. The Morgan fingerprint density at radius 1 is 0.176 bits per heavy atom. The average Bonchev–Trinajstić information content (AvgIpc) is 0.835. The summed E-state index contributed by atoms with van der Waals surface area (Å²) in [6.45, 7) is 36.6. The SMILES string of the molecule is CCCCN(CCCC)c1nc(S)nc(SSc2nc(SSc3nc(SSc4nc(SSc5nc(SSc6nc(S)nc(N(CCCC)CCCC)n6)nc(N(CCCC)CCCC)n5)nc(N(CCCC)CCCC)n4)nc(N(CCCC)CCCC)n3)nc(N(CCCC)CCCC)n2)n1. The summed E-state index contributed by atoms with van der Waals surface area (Å²) in [4.78, 5) is 104. The molecule has 0 radical (unpaired) electrons. The van der Waals surface area contributed by atoms with Crippen LogP contribution in [0.15, 0.2) is 61.9 Å². The highest BCUT2D eigenvalue weighted by Gasteiger charge is 2.24. The van der Waals surface area contributed by atoms with Crippen LogP contribution < -0.4 is 29.4 Å². The van der Waals surface area contributed by atoms with Gasteiger partial charge in [-0.05, 0) is 185 Å².